The Bertz CT molecular complexity index is 585. The van der Waals surface area contributed by atoms with Gasteiger partial charge in [0.15, 0.2) is 11.2 Å². The predicted molar refractivity (Wildman–Crippen MR) is 65.2 cm³/mol. The Balaban J connectivity index is 2.25. The molecule has 1 amide bonds. The summed E-state index contributed by atoms with van der Waals surface area (Å²) in [6.07, 6.45) is 1.12. The summed E-state index contributed by atoms with van der Waals surface area (Å²) < 4.78 is 1.37. The van der Waals surface area contributed by atoms with Crippen LogP contribution in [0.2, 0.25) is 0 Å². The zero-order valence-corrected chi connectivity index (χ0v) is 10.5. The number of carbonyl (C=O) groups excluding carboxylic acids is 1. The zero-order chi connectivity index (χ0) is 14.0. The van der Waals surface area contributed by atoms with Crippen LogP contribution in [0, 0.1) is 0 Å². The fraction of sp³-hybridized carbons (Fsp3) is 0.400. The lowest BCUT2D eigenvalue weighted by Crippen LogP contribution is -2.45. The highest BCUT2D eigenvalue weighted by atomic mass is 32.2. The number of hydrogen-bond donors (Lipinski definition) is 3. The smallest absolute Gasteiger partial charge is 0.328 e. The molecule has 2 rings (SSSR count). The molecule has 3 N–H and O–H groups in total. The topological polar surface area (TPSA) is 122 Å². The maximum absolute atomic E-state index is 12.0. The first-order valence-electron chi connectivity index (χ1n) is 5.41. The van der Waals surface area contributed by atoms with Gasteiger partial charge in [-0.25, -0.2) is 9.78 Å². The van der Waals surface area contributed by atoms with Crippen molar-refractivity contribution < 1.29 is 19.8 Å². The van der Waals surface area contributed by atoms with Crippen LogP contribution >= 0.6 is 11.8 Å². The second kappa shape index (κ2) is 5.41. The Morgan fingerprint density at radius 1 is 1.58 bits per heavy atom. The van der Waals surface area contributed by atoms with E-state index in [1.54, 1.807) is 0 Å². The van der Waals surface area contributed by atoms with E-state index in [1.165, 1.54) is 16.3 Å². The summed E-state index contributed by atoms with van der Waals surface area (Å²) in [5.41, 5.74) is -0.736. The number of nitrogens with zero attached hydrogens (tertiary/aromatic N) is 2. The second-order valence-corrected chi connectivity index (χ2v) is 4.87. The first-order chi connectivity index (χ1) is 9.04. The van der Waals surface area contributed by atoms with Crippen LogP contribution in [0.4, 0.5) is 0 Å². The molecular formula is C10H11N3O5S. The average Bonchev–Trinajstić information content (AvgIpc) is 2.84. The zero-order valence-electron chi connectivity index (χ0n) is 9.70. The van der Waals surface area contributed by atoms with E-state index in [0.717, 1.165) is 6.20 Å². The highest BCUT2D eigenvalue weighted by Crippen LogP contribution is 2.20. The van der Waals surface area contributed by atoms with Crippen molar-refractivity contribution in [1.29, 1.82) is 0 Å². The third-order valence-electron chi connectivity index (χ3n) is 2.59. The number of aliphatic hydroxyl groups is 1. The minimum atomic E-state index is -1.44. The highest BCUT2D eigenvalue weighted by molar-refractivity contribution is 7.99. The van der Waals surface area contributed by atoms with Gasteiger partial charge in [-0.05, 0) is 0 Å². The number of carboxylic acid groups (broad SMARTS) is 1. The predicted octanol–water partition coefficient (Wildman–Crippen LogP) is -1.48. The van der Waals surface area contributed by atoms with Crippen molar-refractivity contribution in [1.82, 2.24) is 14.9 Å². The van der Waals surface area contributed by atoms with Crippen LogP contribution in [0.25, 0.3) is 0 Å². The van der Waals surface area contributed by atoms with Crippen LogP contribution in [0.5, 0.6) is 0 Å². The third-order valence-corrected chi connectivity index (χ3v) is 3.56. The monoisotopic (exact) mass is 285 g/mol. The molecule has 0 bridgehead atoms. The van der Waals surface area contributed by atoms with Crippen LogP contribution in [0.15, 0.2) is 16.1 Å². The van der Waals surface area contributed by atoms with Gasteiger partial charge >= 0.3 is 5.97 Å². The molecule has 1 aromatic heterocycles. The van der Waals surface area contributed by atoms with Gasteiger partial charge in [0.2, 0.25) is 0 Å². The number of aliphatic hydroxyl groups excluding tert-OH is 1. The molecule has 0 radical (unpaired) electrons. The van der Waals surface area contributed by atoms with E-state index < -0.39 is 30.1 Å². The molecule has 8 nitrogen and oxygen atoms in total. The molecular weight excluding hydrogens is 274 g/mol. The highest BCUT2D eigenvalue weighted by Gasteiger charge is 2.24. The SMILES string of the molecule is O=C(NC(CO)C(=O)O)c1cnc2n(c1=O)CCS2. The van der Waals surface area contributed by atoms with Gasteiger partial charge in [0.25, 0.3) is 11.5 Å². The molecule has 1 aliphatic rings. The van der Waals surface area contributed by atoms with E-state index in [9.17, 15) is 14.4 Å². The molecule has 1 unspecified atom stereocenters. The number of rotatable bonds is 4. The fourth-order valence-corrected chi connectivity index (χ4v) is 2.51. The number of carbonyl (C=O) groups is 2. The first kappa shape index (κ1) is 13.6. The van der Waals surface area contributed by atoms with Crippen molar-refractivity contribution in [2.24, 2.45) is 0 Å². The van der Waals surface area contributed by atoms with E-state index in [-0.39, 0.29) is 5.56 Å². The molecule has 19 heavy (non-hydrogen) atoms. The largest absolute Gasteiger partial charge is 0.480 e. The average molecular weight is 285 g/mol. The Labute approximate surface area is 111 Å². The Hall–Kier alpha value is -1.87. The van der Waals surface area contributed by atoms with Crippen LogP contribution in [-0.2, 0) is 11.3 Å². The van der Waals surface area contributed by atoms with Crippen LogP contribution in [0.1, 0.15) is 10.4 Å². The molecule has 9 heteroatoms. The van der Waals surface area contributed by atoms with Gasteiger partial charge in [0.1, 0.15) is 5.56 Å². The number of hydrogen-bond acceptors (Lipinski definition) is 6. The van der Waals surface area contributed by atoms with Crippen LogP contribution < -0.4 is 10.9 Å². The maximum atomic E-state index is 12.0. The molecule has 1 aliphatic heterocycles. The minimum absolute atomic E-state index is 0.231. The van der Waals surface area contributed by atoms with Crippen molar-refractivity contribution in [3.63, 3.8) is 0 Å². The molecule has 0 spiro atoms. The van der Waals surface area contributed by atoms with Crippen molar-refractivity contribution in [2.75, 3.05) is 12.4 Å². The minimum Gasteiger partial charge on any atom is -0.480 e. The van der Waals surface area contributed by atoms with Gasteiger partial charge in [-0.15, -0.1) is 0 Å². The van der Waals surface area contributed by atoms with Gasteiger partial charge in [0.05, 0.1) is 6.61 Å². The fourth-order valence-electron chi connectivity index (χ4n) is 1.59. The van der Waals surface area contributed by atoms with Crippen molar-refractivity contribution >= 4 is 23.6 Å². The lowest BCUT2D eigenvalue weighted by molar-refractivity contribution is -0.140. The number of aromatic nitrogens is 2. The third kappa shape index (κ3) is 2.61. The molecule has 1 atom stereocenters. The number of fused-ring (bicyclic) bond motifs is 1. The van der Waals surface area contributed by atoms with Gasteiger partial charge in [0, 0.05) is 18.5 Å². The number of carboxylic acids is 1. The molecule has 0 fully saturated rings. The lowest BCUT2D eigenvalue weighted by Gasteiger charge is -2.11. The first-order valence-corrected chi connectivity index (χ1v) is 6.40. The standard InChI is InChI=1S/C10H11N3O5S/c14-4-6(9(17)18)12-7(15)5-3-11-10-13(8(5)16)1-2-19-10/h3,6,14H,1-2,4H2,(H,12,15)(H,17,18). The van der Waals surface area contributed by atoms with E-state index in [4.69, 9.17) is 10.2 Å². The van der Waals surface area contributed by atoms with Gasteiger partial charge in [-0.3, -0.25) is 14.2 Å². The van der Waals surface area contributed by atoms with E-state index >= 15 is 0 Å². The molecule has 0 aromatic carbocycles. The number of thioether (sulfide) groups is 1. The second-order valence-electron chi connectivity index (χ2n) is 3.81. The van der Waals surface area contributed by atoms with Gasteiger partial charge in [-0.2, -0.15) is 0 Å². The molecule has 0 aliphatic carbocycles. The molecule has 102 valence electrons. The van der Waals surface area contributed by atoms with Crippen molar-refractivity contribution in [3.8, 4) is 0 Å². The maximum Gasteiger partial charge on any atom is 0.328 e. The van der Waals surface area contributed by atoms with E-state index in [1.807, 2.05) is 0 Å². The van der Waals surface area contributed by atoms with Crippen LogP contribution in [0.3, 0.4) is 0 Å². The van der Waals surface area contributed by atoms with E-state index in [2.05, 4.69) is 10.3 Å². The molecule has 1 aromatic rings. The summed E-state index contributed by atoms with van der Waals surface area (Å²) in [5, 5.41) is 20.1. The number of nitrogens with one attached hydrogen (secondary N) is 1. The quantitative estimate of drug-likeness (QED) is 0.577. The Morgan fingerprint density at radius 2 is 2.32 bits per heavy atom. The summed E-state index contributed by atoms with van der Waals surface area (Å²) >= 11 is 1.41. The summed E-state index contributed by atoms with van der Waals surface area (Å²) in [6, 6.07) is -1.44. The summed E-state index contributed by atoms with van der Waals surface area (Å²) in [6.45, 7) is -0.286. The molecule has 2 heterocycles. The summed E-state index contributed by atoms with van der Waals surface area (Å²) in [4.78, 5) is 38.4. The van der Waals surface area contributed by atoms with Gasteiger partial charge in [-0.1, -0.05) is 11.8 Å². The Morgan fingerprint density at radius 3 is 2.95 bits per heavy atom. The normalized spacial score (nSPS) is 14.8. The summed E-state index contributed by atoms with van der Waals surface area (Å²) in [7, 11) is 0. The van der Waals surface area contributed by atoms with Gasteiger partial charge < -0.3 is 15.5 Å². The van der Waals surface area contributed by atoms with Crippen LogP contribution in [-0.4, -0.2) is 50.0 Å². The van der Waals surface area contributed by atoms with E-state index in [0.29, 0.717) is 17.5 Å². The Kier molecular flexibility index (Phi) is 3.86. The summed E-state index contributed by atoms with van der Waals surface area (Å²) in [5.74, 6) is -1.52. The number of amides is 1. The molecule has 0 saturated carbocycles. The van der Waals surface area contributed by atoms with Crippen molar-refractivity contribution in [3.05, 3.63) is 22.1 Å². The number of aliphatic carboxylic acids is 1. The molecule has 0 saturated heterocycles. The lowest BCUT2D eigenvalue weighted by atomic mass is 10.2. The van der Waals surface area contributed by atoms with Crippen molar-refractivity contribution in [2.45, 2.75) is 17.7 Å².